The Bertz CT molecular complexity index is 1020. The van der Waals surface area contributed by atoms with Gasteiger partial charge in [-0.15, -0.1) is 0 Å². The fourth-order valence-corrected chi connectivity index (χ4v) is 4.92. The topological polar surface area (TPSA) is 67.6 Å². The average molecular weight is 388 g/mol. The van der Waals surface area contributed by atoms with Crippen LogP contribution in [-0.4, -0.2) is 53.6 Å². The van der Waals surface area contributed by atoms with Gasteiger partial charge in [-0.1, -0.05) is 0 Å². The minimum absolute atomic E-state index is 0.0141. The molecule has 2 unspecified atom stereocenters. The van der Waals surface area contributed by atoms with E-state index in [1.165, 1.54) is 16.4 Å². The largest absolute Gasteiger partial charge is 0.288 e. The Balaban J connectivity index is 1.73. The van der Waals surface area contributed by atoms with Gasteiger partial charge in [-0.2, -0.15) is 9.40 Å². The van der Waals surface area contributed by atoms with E-state index in [1.54, 1.807) is 30.0 Å². The van der Waals surface area contributed by atoms with Crippen LogP contribution in [0.3, 0.4) is 0 Å². The number of nitrogens with zero attached hydrogens (tertiary/aromatic N) is 4. The molecule has 0 radical (unpaired) electrons. The minimum atomic E-state index is -3.25. The minimum Gasteiger partial charge on any atom is -0.288 e. The predicted octanol–water partition coefficient (Wildman–Crippen LogP) is 2.34. The molecule has 0 saturated carbocycles. The molecular weight excluding hydrogens is 367 g/mol. The normalized spacial score (nSPS) is 22.7. The Morgan fingerprint density at radius 2 is 1.96 bits per heavy atom. The van der Waals surface area contributed by atoms with Crippen molar-refractivity contribution in [1.29, 1.82) is 0 Å². The number of allylic oxidation sites excluding steroid dienone is 1. The number of halogens is 1. The molecule has 27 heavy (non-hydrogen) atoms. The lowest BCUT2D eigenvalue weighted by atomic mass is 9.86. The predicted molar refractivity (Wildman–Crippen MR) is 103 cm³/mol. The van der Waals surface area contributed by atoms with Crippen LogP contribution in [0.5, 0.6) is 0 Å². The van der Waals surface area contributed by atoms with E-state index < -0.39 is 10.0 Å². The molecule has 8 heteroatoms. The van der Waals surface area contributed by atoms with Crippen LogP contribution < -0.4 is 0 Å². The number of hydrogen-bond donors (Lipinski definition) is 0. The number of sulfonamides is 1. The molecule has 0 spiro atoms. The number of benzene rings is 1. The van der Waals surface area contributed by atoms with Crippen molar-refractivity contribution in [2.45, 2.75) is 13.0 Å². The highest BCUT2D eigenvalue weighted by molar-refractivity contribution is 7.89. The van der Waals surface area contributed by atoms with Gasteiger partial charge in [-0.3, -0.25) is 9.67 Å². The van der Waals surface area contributed by atoms with Gasteiger partial charge in [-0.25, -0.2) is 12.8 Å². The molecule has 2 aliphatic rings. The van der Waals surface area contributed by atoms with Crippen molar-refractivity contribution in [2.75, 3.05) is 18.8 Å². The molecule has 3 heterocycles. The summed E-state index contributed by atoms with van der Waals surface area (Å²) in [5.41, 5.74) is 3.54. The van der Waals surface area contributed by atoms with Crippen molar-refractivity contribution in [2.24, 2.45) is 18.0 Å². The second-order valence-corrected chi connectivity index (χ2v) is 9.14. The summed E-state index contributed by atoms with van der Waals surface area (Å²) in [6, 6.07) is 6.15. The quantitative estimate of drug-likeness (QED) is 0.807. The summed E-state index contributed by atoms with van der Waals surface area (Å²) >= 11 is 0. The van der Waals surface area contributed by atoms with Crippen LogP contribution in [0.4, 0.5) is 4.39 Å². The molecule has 0 amide bonds. The average Bonchev–Trinajstić information content (AvgIpc) is 3.26. The lowest BCUT2D eigenvalue weighted by molar-refractivity contribution is 0.471. The van der Waals surface area contributed by atoms with E-state index in [2.05, 4.69) is 10.1 Å². The zero-order valence-corrected chi connectivity index (χ0v) is 16.0. The van der Waals surface area contributed by atoms with Gasteiger partial charge in [0.2, 0.25) is 10.0 Å². The van der Waals surface area contributed by atoms with Gasteiger partial charge >= 0.3 is 0 Å². The van der Waals surface area contributed by atoms with Crippen LogP contribution in [0.2, 0.25) is 0 Å². The summed E-state index contributed by atoms with van der Waals surface area (Å²) in [7, 11) is -1.41. The first-order valence-corrected chi connectivity index (χ1v) is 10.5. The molecule has 1 aromatic carbocycles. The Morgan fingerprint density at radius 3 is 2.67 bits per heavy atom. The van der Waals surface area contributed by atoms with Crippen molar-refractivity contribution >= 4 is 21.8 Å². The Kier molecular flexibility index (Phi) is 4.47. The van der Waals surface area contributed by atoms with Gasteiger partial charge in [0.15, 0.2) is 0 Å². The van der Waals surface area contributed by atoms with Crippen LogP contribution in [0.1, 0.15) is 12.5 Å². The van der Waals surface area contributed by atoms with E-state index >= 15 is 0 Å². The smallest absolute Gasteiger partial charge is 0.213 e. The number of aryl methyl sites for hydroxylation is 1. The SMILES string of the molecule is CCS(=O)(=O)N1CC2N=CC=C(c3cn(C)nc3-c3ccc(F)cc3)C2C1. The number of dihydropyridines is 1. The van der Waals surface area contributed by atoms with E-state index in [4.69, 9.17) is 0 Å². The van der Waals surface area contributed by atoms with E-state index in [1.807, 2.05) is 19.3 Å². The zero-order chi connectivity index (χ0) is 19.2. The molecule has 1 saturated heterocycles. The van der Waals surface area contributed by atoms with Crippen molar-refractivity contribution in [3.8, 4) is 11.3 Å². The van der Waals surface area contributed by atoms with E-state index in [0.29, 0.717) is 13.1 Å². The van der Waals surface area contributed by atoms with Crippen molar-refractivity contribution in [3.63, 3.8) is 0 Å². The first kappa shape index (κ1) is 18.1. The maximum atomic E-state index is 13.3. The lowest BCUT2D eigenvalue weighted by Gasteiger charge is -2.21. The first-order chi connectivity index (χ1) is 12.9. The number of hydrogen-bond acceptors (Lipinski definition) is 4. The molecule has 0 N–H and O–H groups in total. The molecule has 4 rings (SSSR count). The highest BCUT2D eigenvalue weighted by Crippen LogP contribution is 2.39. The van der Waals surface area contributed by atoms with Crippen LogP contribution in [0, 0.1) is 11.7 Å². The van der Waals surface area contributed by atoms with Gasteiger partial charge in [0.25, 0.3) is 0 Å². The van der Waals surface area contributed by atoms with Gasteiger partial charge < -0.3 is 0 Å². The molecule has 142 valence electrons. The fraction of sp³-hybridized carbons (Fsp3) is 0.368. The second kappa shape index (κ2) is 6.69. The van der Waals surface area contributed by atoms with Crippen molar-refractivity contribution < 1.29 is 12.8 Å². The van der Waals surface area contributed by atoms with Gasteiger partial charge in [0.05, 0.1) is 17.5 Å². The first-order valence-electron chi connectivity index (χ1n) is 8.90. The van der Waals surface area contributed by atoms with E-state index in [9.17, 15) is 12.8 Å². The molecule has 2 aromatic rings. The third-order valence-electron chi connectivity index (χ3n) is 5.20. The van der Waals surface area contributed by atoms with Gasteiger partial charge in [-0.05, 0) is 42.8 Å². The highest BCUT2D eigenvalue weighted by Gasteiger charge is 2.41. The summed E-state index contributed by atoms with van der Waals surface area (Å²) in [5, 5.41) is 4.56. The summed E-state index contributed by atoms with van der Waals surface area (Å²) in [5.74, 6) is -0.223. The molecule has 1 fully saturated rings. The molecule has 6 nitrogen and oxygen atoms in total. The number of aliphatic imine (C=N–C) groups is 1. The summed E-state index contributed by atoms with van der Waals surface area (Å²) in [6.45, 7) is 2.48. The van der Waals surface area contributed by atoms with Gasteiger partial charge in [0, 0.05) is 49.6 Å². The summed E-state index contributed by atoms with van der Waals surface area (Å²) in [6.07, 6.45) is 5.62. The van der Waals surface area contributed by atoms with Crippen molar-refractivity contribution in [3.05, 3.63) is 47.9 Å². The van der Waals surface area contributed by atoms with E-state index in [-0.39, 0.29) is 23.5 Å². The maximum Gasteiger partial charge on any atom is 0.213 e. The number of fused-ring (bicyclic) bond motifs is 1. The monoisotopic (exact) mass is 388 g/mol. The lowest BCUT2D eigenvalue weighted by Crippen LogP contribution is -2.30. The Hall–Kier alpha value is -2.32. The molecule has 0 bridgehead atoms. The molecule has 2 aliphatic heterocycles. The molecule has 0 aliphatic carbocycles. The third kappa shape index (κ3) is 3.23. The molecule has 2 atom stereocenters. The number of aromatic nitrogens is 2. The van der Waals surface area contributed by atoms with Gasteiger partial charge in [0.1, 0.15) is 5.82 Å². The summed E-state index contributed by atoms with van der Waals surface area (Å²) < 4.78 is 41.2. The Labute approximate surface area is 158 Å². The number of rotatable bonds is 4. The highest BCUT2D eigenvalue weighted by atomic mass is 32.2. The fourth-order valence-electron chi connectivity index (χ4n) is 3.79. The van der Waals surface area contributed by atoms with Crippen molar-refractivity contribution in [1.82, 2.24) is 14.1 Å². The van der Waals surface area contributed by atoms with Crippen LogP contribution in [0.25, 0.3) is 16.8 Å². The standard InChI is InChI=1S/C19H21FN4O2S/c1-3-27(25,26)24-11-16-15(8-9-21-18(16)12-24)17-10-23(2)22-19(17)13-4-6-14(20)7-5-13/h4-10,16,18H,3,11-12H2,1-2H3. The zero-order valence-electron chi connectivity index (χ0n) is 15.2. The Morgan fingerprint density at radius 1 is 1.22 bits per heavy atom. The molecular formula is C19H21FN4O2S. The molecule has 1 aromatic heterocycles. The second-order valence-electron chi connectivity index (χ2n) is 6.88. The third-order valence-corrected chi connectivity index (χ3v) is 7.02. The van der Waals surface area contributed by atoms with Crippen LogP contribution >= 0.6 is 0 Å². The maximum absolute atomic E-state index is 13.3. The van der Waals surface area contributed by atoms with Crippen LogP contribution in [0.15, 0.2) is 41.5 Å². The van der Waals surface area contributed by atoms with E-state index in [0.717, 1.165) is 22.4 Å². The van der Waals surface area contributed by atoms with Crippen LogP contribution in [-0.2, 0) is 17.1 Å². The summed E-state index contributed by atoms with van der Waals surface area (Å²) in [4.78, 5) is 4.50.